The zero-order valence-corrected chi connectivity index (χ0v) is 12.2. The molecule has 0 aliphatic heterocycles. The Morgan fingerprint density at radius 2 is 2.00 bits per heavy atom. The van der Waals surface area contributed by atoms with Crippen LogP contribution in [0, 0.1) is 5.92 Å². The quantitative estimate of drug-likeness (QED) is 0.591. The third-order valence-electron chi connectivity index (χ3n) is 4.30. The summed E-state index contributed by atoms with van der Waals surface area (Å²) < 4.78 is 5.77. The van der Waals surface area contributed by atoms with Gasteiger partial charge in [0.25, 0.3) is 0 Å². The summed E-state index contributed by atoms with van der Waals surface area (Å²) in [6.45, 7) is 7.15. The molecule has 1 rings (SSSR count). The average molecular weight is 257 g/mol. The summed E-state index contributed by atoms with van der Waals surface area (Å²) in [6, 6.07) is 0. The largest absolute Gasteiger partial charge is 0.394 e. The molecule has 3 heteroatoms. The van der Waals surface area contributed by atoms with Gasteiger partial charge in [-0.3, -0.25) is 0 Å². The predicted octanol–water partition coefficient (Wildman–Crippen LogP) is 2.72. The normalized spacial score (nSPS) is 20.2. The van der Waals surface area contributed by atoms with Gasteiger partial charge in [-0.1, -0.05) is 26.7 Å². The van der Waals surface area contributed by atoms with Gasteiger partial charge in [0.05, 0.1) is 6.61 Å². The Labute approximate surface area is 112 Å². The van der Waals surface area contributed by atoms with Crippen LogP contribution < -0.4 is 5.32 Å². The molecule has 0 amide bonds. The van der Waals surface area contributed by atoms with Gasteiger partial charge in [-0.15, -0.1) is 0 Å². The standard InChI is InChI=1S/C15H31NO2/c1-3-15(13-17,16-4-2)10-7-11-18-12-14-8-5-6-9-14/h14,16-17H,3-13H2,1-2H3. The Balaban J connectivity index is 2.10. The molecule has 0 saturated heterocycles. The van der Waals surface area contributed by atoms with E-state index in [1.54, 1.807) is 0 Å². The molecule has 18 heavy (non-hydrogen) atoms. The molecule has 0 bridgehead atoms. The molecule has 0 aromatic heterocycles. The Hall–Kier alpha value is -0.120. The first kappa shape index (κ1) is 15.9. The van der Waals surface area contributed by atoms with Crippen LogP contribution in [0.15, 0.2) is 0 Å². The smallest absolute Gasteiger partial charge is 0.0613 e. The van der Waals surface area contributed by atoms with Crippen molar-refractivity contribution in [2.45, 2.75) is 64.3 Å². The minimum Gasteiger partial charge on any atom is -0.394 e. The van der Waals surface area contributed by atoms with Gasteiger partial charge in [-0.05, 0) is 44.6 Å². The zero-order valence-electron chi connectivity index (χ0n) is 12.2. The van der Waals surface area contributed by atoms with Crippen LogP contribution in [-0.4, -0.2) is 37.0 Å². The fraction of sp³-hybridized carbons (Fsp3) is 1.00. The Kier molecular flexibility index (Phi) is 7.87. The highest BCUT2D eigenvalue weighted by molar-refractivity contribution is 4.85. The molecule has 0 radical (unpaired) electrons. The maximum atomic E-state index is 9.53. The van der Waals surface area contributed by atoms with E-state index in [9.17, 15) is 5.11 Å². The molecule has 3 nitrogen and oxygen atoms in total. The van der Waals surface area contributed by atoms with Crippen LogP contribution in [0.4, 0.5) is 0 Å². The summed E-state index contributed by atoms with van der Waals surface area (Å²) in [4.78, 5) is 0. The Bertz CT molecular complexity index is 199. The van der Waals surface area contributed by atoms with Crippen LogP contribution in [0.3, 0.4) is 0 Å². The molecule has 1 atom stereocenters. The van der Waals surface area contributed by atoms with Crippen LogP contribution >= 0.6 is 0 Å². The predicted molar refractivity (Wildman–Crippen MR) is 75.8 cm³/mol. The second-order valence-corrected chi connectivity index (χ2v) is 5.65. The number of ether oxygens (including phenoxy) is 1. The number of hydrogen-bond acceptors (Lipinski definition) is 3. The minimum atomic E-state index is -0.0918. The van der Waals surface area contributed by atoms with Crippen molar-refractivity contribution in [1.82, 2.24) is 5.32 Å². The van der Waals surface area contributed by atoms with Crippen LogP contribution in [0.5, 0.6) is 0 Å². The molecule has 1 saturated carbocycles. The number of nitrogens with one attached hydrogen (secondary N) is 1. The molecule has 0 aromatic rings. The van der Waals surface area contributed by atoms with E-state index in [0.717, 1.165) is 44.9 Å². The number of likely N-dealkylation sites (N-methyl/N-ethyl adjacent to an activating group) is 1. The van der Waals surface area contributed by atoms with Crippen LogP contribution in [0.2, 0.25) is 0 Å². The summed E-state index contributed by atoms with van der Waals surface area (Å²) in [5.41, 5.74) is -0.0918. The maximum Gasteiger partial charge on any atom is 0.0613 e. The summed E-state index contributed by atoms with van der Waals surface area (Å²) >= 11 is 0. The van der Waals surface area contributed by atoms with E-state index in [-0.39, 0.29) is 12.1 Å². The third kappa shape index (κ3) is 5.25. The molecular formula is C15H31NO2. The lowest BCUT2D eigenvalue weighted by atomic mass is 9.91. The second-order valence-electron chi connectivity index (χ2n) is 5.65. The van der Waals surface area contributed by atoms with Crippen molar-refractivity contribution in [2.24, 2.45) is 5.92 Å². The van der Waals surface area contributed by atoms with Crippen molar-refractivity contribution < 1.29 is 9.84 Å². The van der Waals surface area contributed by atoms with E-state index in [0.29, 0.717) is 0 Å². The molecule has 0 spiro atoms. The van der Waals surface area contributed by atoms with E-state index in [2.05, 4.69) is 19.2 Å². The lowest BCUT2D eigenvalue weighted by Gasteiger charge is -2.31. The molecule has 108 valence electrons. The molecular weight excluding hydrogens is 226 g/mol. The first-order valence-electron chi connectivity index (χ1n) is 7.70. The average Bonchev–Trinajstić information content (AvgIpc) is 2.90. The minimum absolute atomic E-state index is 0.0918. The van der Waals surface area contributed by atoms with Crippen molar-refractivity contribution in [3.63, 3.8) is 0 Å². The molecule has 1 unspecified atom stereocenters. The summed E-state index contributed by atoms with van der Waals surface area (Å²) in [7, 11) is 0. The summed E-state index contributed by atoms with van der Waals surface area (Å²) in [5.74, 6) is 0.813. The first-order chi connectivity index (χ1) is 8.76. The fourth-order valence-corrected chi connectivity index (χ4v) is 2.95. The number of hydrogen-bond donors (Lipinski definition) is 2. The van der Waals surface area contributed by atoms with E-state index < -0.39 is 0 Å². The summed E-state index contributed by atoms with van der Waals surface area (Å²) in [5, 5.41) is 13.0. The number of rotatable bonds is 10. The third-order valence-corrected chi connectivity index (χ3v) is 4.30. The molecule has 1 aliphatic carbocycles. The van der Waals surface area contributed by atoms with Crippen molar-refractivity contribution >= 4 is 0 Å². The Morgan fingerprint density at radius 1 is 1.28 bits per heavy atom. The monoisotopic (exact) mass is 257 g/mol. The fourth-order valence-electron chi connectivity index (χ4n) is 2.95. The van der Waals surface area contributed by atoms with Crippen LogP contribution in [0.25, 0.3) is 0 Å². The molecule has 2 N–H and O–H groups in total. The van der Waals surface area contributed by atoms with Crippen molar-refractivity contribution in [3.8, 4) is 0 Å². The lowest BCUT2D eigenvalue weighted by molar-refractivity contribution is 0.0829. The van der Waals surface area contributed by atoms with E-state index >= 15 is 0 Å². The van der Waals surface area contributed by atoms with Gasteiger partial charge in [0.1, 0.15) is 0 Å². The van der Waals surface area contributed by atoms with Gasteiger partial charge < -0.3 is 15.2 Å². The lowest BCUT2D eigenvalue weighted by Crippen LogP contribution is -2.48. The van der Waals surface area contributed by atoms with Gasteiger partial charge in [0, 0.05) is 18.8 Å². The van der Waals surface area contributed by atoms with Gasteiger partial charge in [-0.25, -0.2) is 0 Å². The van der Waals surface area contributed by atoms with Gasteiger partial charge in [-0.2, -0.15) is 0 Å². The summed E-state index contributed by atoms with van der Waals surface area (Å²) in [6.07, 6.45) is 8.49. The zero-order chi connectivity index (χ0) is 13.3. The van der Waals surface area contributed by atoms with E-state index in [4.69, 9.17) is 4.74 Å². The number of aliphatic hydroxyl groups excluding tert-OH is 1. The first-order valence-corrected chi connectivity index (χ1v) is 7.70. The highest BCUT2D eigenvalue weighted by Gasteiger charge is 2.25. The van der Waals surface area contributed by atoms with Gasteiger partial charge in [0.2, 0.25) is 0 Å². The van der Waals surface area contributed by atoms with Gasteiger partial charge in [0.15, 0.2) is 0 Å². The SMILES string of the molecule is CCNC(CC)(CO)CCCOCC1CCCC1. The maximum absolute atomic E-state index is 9.53. The molecule has 0 aromatic carbocycles. The highest BCUT2D eigenvalue weighted by Crippen LogP contribution is 2.25. The molecule has 1 fully saturated rings. The van der Waals surface area contributed by atoms with E-state index in [1.165, 1.54) is 25.7 Å². The molecule has 1 aliphatic rings. The van der Waals surface area contributed by atoms with Crippen molar-refractivity contribution in [3.05, 3.63) is 0 Å². The van der Waals surface area contributed by atoms with Gasteiger partial charge >= 0.3 is 0 Å². The second kappa shape index (κ2) is 8.89. The van der Waals surface area contributed by atoms with Crippen LogP contribution in [0.1, 0.15) is 58.8 Å². The van der Waals surface area contributed by atoms with Crippen LogP contribution in [-0.2, 0) is 4.74 Å². The van der Waals surface area contributed by atoms with E-state index in [1.807, 2.05) is 0 Å². The van der Waals surface area contributed by atoms with Crippen molar-refractivity contribution in [2.75, 3.05) is 26.4 Å². The molecule has 0 heterocycles. The van der Waals surface area contributed by atoms with Crippen molar-refractivity contribution in [1.29, 1.82) is 0 Å². The topological polar surface area (TPSA) is 41.5 Å². The Morgan fingerprint density at radius 3 is 2.56 bits per heavy atom. The number of aliphatic hydroxyl groups is 1. The highest BCUT2D eigenvalue weighted by atomic mass is 16.5.